The number of carbonyl (C=O) groups excluding carboxylic acids is 2. The smallest absolute Gasteiger partial charge is 0.432 e. The maximum absolute atomic E-state index is 14.2. The zero-order valence-corrected chi connectivity index (χ0v) is 20.3. The first-order chi connectivity index (χ1) is 16.0. The number of halogens is 3. The van der Waals surface area contributed by atoms with Crippen molar-refractivity contribution in [3.8, 4) is 0 Å². The number of alkyl halides is 3. The molecule has 0 N–H and O–H groups in total. The molecule has 3 atom stereocenters. The molecule has 5 nitrogen and oxygen atoms in total. The van der Waals surface area contributed by atoms with Crippen LogP contribution in [-0.2, 0) is 29.4 Å². The number of rotatable bonds is 11. The molecule has 0 amide bonds. The van der Waals surface area contributed by atoms with E-state index in [1.54, 1.807) is 19.1 Å². The standard InChI is InChI=1S/C26H33F3O5/c1-6-18(16-24(9-4)17-19(7-2)22(30)34-24)15-21(8-3)33-23(31)25(32-5,26(27,28)29)20-13-11-10-12-14-20/h10-15,17,21H,6-9,16H2,1-5H3/b18-15+/t21-,24+,25-/m0/s1. The van der Waals surface area contributed by atoms with Gasteiger partial charge in [0.05, 0.1) is 0 Å². The summed E-state index contributed by atoms with van der Waals surface area (Å²) >= 11 is 0. The summed E-state index contributed by atoms with van der Waals surface area (Å²) in [5.74, 6) is -1.88. The molecule has 1 aliphatic rings. The number of cyclic esters (lactones) is 1. The van der Waals surface area contributed by atoms with E-state index in [0.717, 1.165) is 12.7 Å². The van der Waals surface area contributed by atoms with Crippen molar-refractivity contribution < 1.29 is 37.0 Å². The summed E-state index contributed by atoms with van der Waals surface area (Å²) in [5, 5.41) is 0. The van der Waals surface area contributed by atoms with Gasteiger partial charge in [0.15, 0.2) is 0 Å². The van der Waals surface area contributed by atoms with Gasteiger partial charge in [-0.05, 0) is 37.8 Å². The molecule has 188 valence electrons. The quantitative estimate of drug-likeness (QED) is 0.278. The second-order valence-electron chi connectivity index (χ2n) is 8.29. The fourth-order valence-electron chi connectivity index (χ4n) is 4.08. The minimum Gasteiger partial charge on any atom is -0.455 e. The number of hydrogen-bond donors (Lipinski definition) is 0. The zero-order valence-electron chi connectivity index (χ0n) is 20.3. The van der Waals surface area contributed by atoms with Crippen molar-refractivity contribution in [2.75, 3.05) is 7.11 Å². The van der Waals surface area contributed by atoms with Crippen molar-refractivity contribution in [1.29, 1.82) is 0 Å². The molecule has 0 radical (unpaired) electrons. The molecule has 1 aromatic carbocycles. The number of hydrogen-bond acceptors (Lipinski definition) is 5. The first kappa shape index (κ1) is 27.6. The second kappa shape index (κ2) is 11.2. The van der Waals surface area contributed by atoms with Gasteiger partial charge in [-0.25, -0.2) is 9.59 Å². The fourth-order valence-corrected chi connectivity index (χ4v) is 4.08. The summed E-state index contributed by atoms with van der Waals surface area (Å²) in [6.45, 7) is 7.39. The summed E-state index contributed by atoms with van der Waals surface area (Å²) in [5.41, 5.74) is -2.98. The average molecular weight is 483 g/mol. The van der Waals surface area contributed by atoms with Crippen LogP contribution in [0.4, 0.5) is 13.2 Å². The first-order valence-electron chi connectivity index (χ1n) is 11.6. The molecule has 0 spiro atoms. The van der Waals surface area contributed by atoms with Crippen molar-refractivity contribution in [2.45, 2.75) is 83.3 Å². The Morgan fingerprint density at radius 1 is 1.15 bits per heavy atom. The number of benzene rings is 1. The molecule has 1 aromatic rings. The van der Waals surface area contributed by atoms with E-state index in [0.29, 0.717) is 31.3 Å². The van der Waals surface area contributed by atoms with Crippen LogP contribution < -0.4 is 0 Å². The molecule has 0 fully saturated rings. The topological polar surface area (TPSA) is 61.8 Å². The monoisotopic (exact) mass is 482 g/mol. The molecule has 0 unspecified atom stereocenters. The Kier molecular flexibility index (Phi) is 9.11. The van der Waals surface area contributed by atoms with E-state index >= 15 is 0 Å². The Balaban J connectivity index is 2.35. The number of methoxy groups -OCH3 is 1. The molecule has 2 rings (SSSR count). The van der Waals surface area contributed by atoms with Crippen molar-refractivity contribution in [3.63, 3.8) is 0 Å². The van der Waals surface area contributed by atoms with Gasteiger partial charge in [0.2, 0.25) is 0 Å². The molecule has 0 bridgehead atoms. The van der Waals surface area contributed by atoms with Crippen LogP contribution in [0.1, 0.15) is 65.4 Å². The van der Waals surface area contributed by atoms with E-state index in [2.05, 4.69) is 0 Å². The van der Waals surface area contributed by atoms with Crippen molar-refractivity contribution >= 4 is 11.9 Å². The van der Waals surface area contributed by atoms with E-state index < -0.39 is 29.5 Å². The number of carbonyl (C=O) groups is 2. The Bertz CT molecular complexity index is 922. The van der Waals surface area contributed by atoms with Gasteiger partial charge in [-0.1, -0.05) is 63.6 Å². The highest BCUT2D eigenvalue weighted by atomic mass is 19.4. The molecule has 34 heavy (non-hydrogen) atoms. The molecule has 0 aliphatic carbocycles. The maximum atomic E-state index is 14.2. The molecule has 1 aliphatic heterocycles. The maximum Gasteiger partial charge on any atom is 0.432 e. The predicted molar refractivity (Wildman–Crippen MR) is 122 cm³/mol. The minimum atomic E-state index is -5.04. The van der Waals surface area contributed by atoms with E-state index in [1.807, 2.05) is 26.8 Å². The highest BCUT2D eigenvalue weighted by Crippen LogP contribution is 2.43. The van der Waals surface area contributed by atoms with Gasteiger partial charge in [0, 0.05) is 24.7 Å². The van der Waals surface area contributed by atoms with Crippen LogP contribution in [0.3, 0.4) is 0 Å². The Labute approximate surface area is 199 Å². The van der Waals surface area contributed by atoms with Crippen molar-refractivity contribution in [2.24, 2.45) is 0 Å². The second-order valence-corrected chi connectivity index (χ2v) is 8.29. The van der Waals surface area contributed by atoms with Gasteiger partial charge in [-0.2, -0.15) is 13.2 Å². The van der Waals surface area contributed by atoms with Crippen molar-refractivity contribution in [3.05, 3.63) is 59.2 Å². The third kappa shape index (κ3) is 5.54. The Hall–Kier alpha value is -2.61. The van der Waals surface area contributed by atoms with E-state index in [9.17, 15) is 22.8 Å². The van der Waals surface area contributed by atoms with Crippen LogP contribution in [0.15, 0.2) is 53.6 Å². The fraction of sp³-hybridized carbons (Fsp3) is 0.538. The molecular weight excluding hydrogens is 449 g/mol. The lowest BCUT2D eigenvalue weighted by Gasteiger charge is -2.33. The summed E-state index contributed by atoms with van der Waals surface area (Å²) in [6, 6.07) is 6.72. The lowest BCUT2D eigenvalue weighted by molar-refractivity contribution is -0.277. The molecule has 8 heteroatoms. The van der Waals surface area contributed by atoms with Gasteiger partial charge in [0.1, 0.15) is 11.7 Å². The van der Waals surface area contributed by atoms with Crippen molar-refractivity contribution in [1.82, 2.24) is 0 Å². The average Bonchev–Trinajstić information content (AvgIpc) is 3.14. The van der Waals surface area contributed by atoms with Crippen LogP contribution in [-0.4, -0.2) is 36.9 Å². The van der Waals surface area contributed by atoms with Gasteiger partial charge < -0.3 is 14.2 Å². The third-order valence-corrected chi connectivity index (χ3v) is 6.21. The molecule has 1 heterocycles. The summed E-state index contributed by atoms with van der Waals surface area (Å²) < 4.78 is 58.4. The minimum absolute atomic E-state index is 0.261. The normalized spacial score (nSPS) is 21.5. The number of esters is 2. The van der Waals surface area contributed by atoms with Gasteiger partial charge in [-0.3, -0.25) is 0 Å². The molecule has 0 saturated carbocycles. The predicted octanol–water partition coefficient (Wildman–Crippen LogP) is 6.18. The first-order valence-corrected chi connectivity index (χ1v) is 11.6. The van der Waals surface area contributed by atoms with E-state index in [4.69, 9.17) is 14.2 Å². The zero-order chi connectivity index (χ0) is 25.6. The van der Waals surface area contributed by atoms with Crippen LogP contribution in [0.25, 0.3) is 0 Å². The lowest BCUT2D eigenvalue weighted by Crippen LogP contribution is -2.52. The summed E-state index contributed by atoms with van der Waals surface area (Å²) in [6.07, 6.45) is -0.181. The molecule has 0 aromatic heterocycles. The third-order valence-electron chi connectivity index (χ3n) is 6.21. The Morgan fingerprint density at radius 3 is 2.24 bits per heavy atom. The highest BCUT2D eigenvalue weighted by molar-refractivity contribution is 5.91. The lowest BCUT2D eigenvalue weighted by atomic mass is 9.89. The highest BCUT2D eigenvalue weighted by Gasteiger charge is 2.64. The van der Waals surface area contributed by atoms with Crippen LogP contribution in [0.2, 0.25) is 0 Å². The van der Waals surface area contributed by atoms with Crippen LogP contribution in [0, 0.1) is 0 Å². The molecular formula is C26H33F3O5. The SMILES string of the molecule is CCC1=C[C@@](CC)(C/C(=C/[C@H](CC)OC(=O)[C@@](OC)(c2ccccc2)C(F)(F)F)CC)OC1=O. The molecule has 0 saturated heterocycles. The van der Waals surface area contributed by atoms with E-state index in [-0.39, 0.29) is 18.0 Å². The summed E-state index contributed by atoms with van der Waals surface area (Å²) in [7, 11) is 0.840. The number of ether oxygens (including phenoxy) is 3. The summed E-state index contributed by atoms with van der Waals surface area (Å²) in [4.78, 5) is 25.1. The van der Waals surface area contributed by atoms with Gasteiger partial charge >= 0.3 is 18.1 Å². The van der Waals surface area contributed by atoms with Crippen LogP contribution in [0.5, 0.6) is 0 Å². The van der Waals surface area contributed by atoms with Crippen LogP contribution >= 0.6 is 0 Å². The van der Waals surface area contributed by atoms with Gasteiger partial charge in [-0.15, -0.1) is 0 Å². The van der Waals surface area contributed by atoms with Gasteiger partial charge in [0.25, 0.3) is 5.60 Å². The van der Waals surface area contributed by atoms with E-state index in [1.165, 1.54) is 24.3 Å². The Morgan fingerprint density at radius 2 is 1.79 bits per heavy atom. The largest absolute Gasteiger partial charge is 0.455 e.